The summed E-state index contributed by atoms with van der Waals surface area (Å²) in [6, 6.07) is 0. The van der Waals surface area contributed by atoms with Gasteiger partial charge in [-0.25, -0.2) is 0 Å². The fourth-order valence-electron chi connectivity index (χ4n) is 0.544. The molecule has 0 radical (unpaired) electrons. The summed E-state index contributed by atoms with van der Waals surface area (Å²) in [6.45, 7) is 3.94. The van der Waals surface area contributed by atoms with Crippen molar-refractivity contribution >= 4 is 11.6 Å². The largest absolute Gasteiger partial charge is 0.392 e. The second kappa shape index (κ2) is 4.83. The summed E-state index contributed by atoms with van der Waals surface area (Å²) in [7, 11) is 0. The van der Waals surface area contributed by atoms with Gasteiger partial charge < -0.3 is 5.11 Å². The second-order valence-corrected chi connectivity index (χ2v) is 2.46. The molecule has 54 valence electrons. The van der Waals surface area contributed by atoms with Crippen LogP contribution in [0.25, 0.3) is 0 Å². The molecule has 0 rings (SSSR count). The highest BCUT2D eigenvalue weighted by molar-refractivity contribution is 6.18. The Bertz CT molecular complexity index is 99.1. The van der Waals surface area contributed by atoms with E-state index in [0.717, 1.165) is 0 Å². The van der Waals surface area contributed by atoms with Crippen LogP contribution < -0.4 is 0 Å². The Balaban J connectivity index is 3.47. The Morgan fingerprint density at radius 1 is 1.78 bits per heavy atom. The van der Waals surface area contributed by atoms with Crippen LogP contribution in [-0.2, 0) is 0 Å². The van der Waals surface area contributed by atoms with Crippen molar-refractivity contribution in [2.24, 2.45) is 0 Å². The minimum absolute atomic E-state index is 0.325. The summed E-state index contributed by atoms with van der Waals surface area (Å²) in [5.41, 5.74) is 1.18. The van der Waals surface area contributed by atoms with Crippen LogP contribution >= 0.6 is 11.6 Å². The molecule has 1 unspecified atom stereocenters. The van der Waals surface area contributed by atoms with Gasteiger partial charge in [0, 0.05) is 5.88 Å². The maximum absolute atomic E-state index is 8.99. The SMILES string of the molecule is C/C=C(\C)CC(O)CCl. The zero-order chi connectivity index (χ0) is 7.28. The number of aliphatic hydroxyl groups excluding tert-OH is 1. The number of halogens is 1. The van der Waals surface area contributed by atoms with Gasteiger partial charge in [0.05, 0.1) is 6.10 Å². The molecule has 0 aromatic heterocycles. The fraction of sp³-hybridized carbons (Fsp3) is 0.714. The van der Waals surface area contributed by atoms with Crippen molar-refractivity contribution in [3.8, 4) is 0 Å². The Morgan fingerprint density at radius 2 is 2.33 bits per heavy atom. The van der Waals surface area contributed by atoms with Gasteiger partial charge in [0.15, 0.2) is 0 Å². The molecule has 0 aromatic carbocycles. The highest BCUT2D eigenvalue weighted by Gasteiger charge is 2.00. The molecule has 0 spiro atoms. The highest BCUT2D eigenvalue weighted by Crippen LogP contribution is 2.04. The zero-order valence-electron chi connectivity index (χ0n) is 5.89. The maximum Gasteiger partial charge on any atom is 0.0712 e. The molecule has 2 heteroatoms. The van der Waals surface area contributed by atoms with Crippen LogP contribution in [0.2, 0.25) is 0 Å². The fourth-order valence-corrected chi connectivity index (χ4v) is 0.653. The molecule has 0 saturated carbocycles. The Morgan fingerprint density at radius 3 is 2.67 bits per heavy atom. The first-order valence-corrected chi connectivity index (χ1v) is 3.60. The molecule has 0 aromatic rings. The lowest BCUT2D eigenvalue weighted by Gasteiger charge is -2.04. The summed E-state index contributed by atoms with van der Waals surface area (Å²) < 4.78 is 0. The van der Waals surface area contributed by atoms with E-state index in [4.69, 9.17) is 16.7 Å². The van der Waals surface area contributed by atoms with Crippen LogP contribution in [0, 0.1) is 0 Å². The molecular formula is C7H13ClO. The van der Waals surface area contributed by atoms with Gasteiger partial charge >= 0.3 is 0 Å². The zero-order valence-corrected chi connectivity index (χ0v) is 6.65. The Labute approximate surface area is 61.3 Å². The molecular weight excluding hydrogens is 136 g/mol. The summed E-state index contributed by atoms with van der Waals surface area (Å²) in [5.74, 6) is 0.325. The topological polar surface area (TPSA) is 20.2 Å². The first kappa shape index (κ1) is 8.99. The van der Waals surface area contributed by atoms with Crippen molar-refractivity contribution in [2.75, 3.05) is 5.88 Å². The van der Waals surface area contributed by atoms with Gasteiger partial charge in [-0.3, -0.25) is 0 Å². The number of alkyl halides is 1. The van der Waals surface area contributed by atoms with Crippen LogP contribution in [-0.4, -0.2) is 17.1 Å². The summed E-state index contributed by atoms with van der Waals surface area (Å²) in [4.78, 5) is 0. The minimum atomic E-state index is -0.372. The summed E-state index contributed by atoms with van der Waals surface area (Å²) in [5, 5.41) is 8.99. The molecule has 0 aliphatic carbocycles. The molecule has 1 nitrogen and oxygen atoms in total. The molecule has 0 bridgehead atoms. The Hall–Kier alpha value is -0.0100. The van der Waals surface area contributed by atoms with E-state index >= 15 is 0 Å². The second-order valence-electron chi connectivity index (χ2n) is 2.15. The van der Waals surface area contributed by atoms with Crippen LogP contribution in [0.4, 0.5) is 0 Å². The molecule has 0 aliphatic heterocycles. The normalized spacial score (nSPS) is 15.8. The van der Waals surface area contributed by atoms with Crippen LogP contribution in [0.15, 0.2) is 11.6 Å². The van der Waals surface area contributed by atoms with E-state index in [1.54, 1.807) is 0 Å². The highest BCUT2D eigenvalue weighted by atomic mass is 35.5. The molecule has 0 saturated heterocycles. The van der Waals surface area contributed by atoms with Gasteiger partial charge in [0.1, 0.15) is 0 Å². The van der Waals surface area contributed by atoms with Crippen molar-refractivity contribution < 1.29 is 5.11 Å². The van der Waals surface area contributed by atoms with Crippen molar-refractivity contribution in [3.63, 3.8) is 0 Å². The standard InChI is InChI=1S/C7H13ClO/c1-3-6(2)4-7(9)5-8/h3,7,9H,4-5H2,1-2H3/b6-3+. The van der Waals surface area contributed by atoms with Crippen LogP contribution in [0.1, 0.15) is 20.3 Å². The van der Waals surface area contributed by atoms with Crippen LogP contribution in [0.3, 0.4) is 0 Å². The molecule has 0 fully saturated rings. The number of rotatable bonds is 3. The van der Waals surface area contributed by atoms with Gasteiger partial charge in [-0.15, -0.1) is 11.6 Å². The first-order valence-electron chi connectivity index (χ1n) is 3.06. The van der Waals surface area contributed by atoms with Crippen molar-refractivity contribution in [2.45, 2.75) is 26.4 Å². The van der Waals surface area contributed by atoms with Gasteiger partial charge in [0.25, 0.3) is 0 Å². The van der Waals surface area contributed by atoms with E-state index in [0.29, 0.717) is 12.3 Å². The molecule has 9 heavy (non-hydrogen) atoms. The quantitative estimate of drug-likeness (QED) is 0.479. The predicted octanol–water partition coefficient (Wildman–Crippen LogP) is 1.94. The maximum atomic E-state index is 8.99. The third-order valence-corrected chi connectivity index (χ3v) is 1.58. The van der Waals surface area contributed by atoms with E-state index in [1.165, 1.54) is 5.57 Å². The Kier molecular flexibility index (Phi) is 4.83. The molecule has 1 atom stereocenters. The lowest BCUT2D eigenvalue weighted by atomic mass is 10.1. The number of hydrogen-bond acceptors (Lipinski definition) is 1. The third kappa shape index (κ3) is 4.49. The molecule has 0 aliphatic rings. The van der Waals surface area contributed by atoms with Gasteiger partial charge in [-0.1, -0.05) is 11.6 Å². The molecule has 1 N–H and O–H groups in total. The van der Waals surface area contributed by atoms with Crippen molar-refractivity contribution in [3.05, 3.63) is 11.6 Å². The summed E-state index contributed by atoms with van der Waals surface area (Å²) >= 11 is 5.38. The predicted molar refractivity (Wildman–Crippen MR) is 40.8 cm³/mol. The number of hydrogen-bond donors (Lipinski definition) is 1. The van der Waals surface area contributed by atoms with Gasteiger partial charge in [-0.05, 0) is 20.3 Å². The lowest BCUT2D eigenvalue weighted by Crippen LogP contribution is -2.07. The monoisotopic (exact) mass is 148 g/mol. The molecule has 0 amide bonds. The van der Waals surface area contributed by atoms with E-state index in [1.807, 2.05) is 19.9 Å². The smallest absolute Gasteiger partial charge is 0.0712 e. The number of allylic oxidation sites excluding steroid dienone is 1. The van der Waals surface area contributed by atoms with Gasteiger partial charge in [0.2, 0.25) is 0 Å². The molecule has 0 heterocycles. The van der Waals surface area contributed by atoms with Gasteiger partial charge in [-0.2, -0.15) is 0 Å². The van der Waals surface area contributed by atoms with Crippen molar-refractivity contribution in [1.82, 2.24) is 0 Å². The van der Waals surface area contributed by atoms with Crippen LogP contribution in [0.5, 0.6) is 0 Å². The van der Waals surface area contributed by atoms with E-state index in [-0.39, 0.29) is 6.10 Å². The summed E-state index contributed by atoms with van der Waals surface area (Å²) in [6.07, 6.45) is 2.30. The van der Waals surface area contributed by atoms with E-state index in [9.17, 15) is 0 Å². The number of aliphatic hydroxyl groups is 1. The van der Waals surface area contributed by atoms with Crippen molar-refractivity contribution in [1.29, 1.82) is 0 Å². The minimum Gasteiger partial charge on any atom is -0.392 e. The first-order chi connectivity index (χ1) is 4.20. The lowest BCUT2D eigenvalue weighted by molar-refractivity contribution is 0.198. The van der Waals surface area contributed by atoms with E-state index < -0.39 is 0 Å². The third-order valence-electron chi connectivity index (χ3n) is 1.23. The average molecular weight is 149 g/mol. The van der Waals surface area contributed by atoms with E-state index in [2.05, 4.69) is 0 Å². The average Bonchev–Trinajstić information content (AvgIpc) is 1.87.